The Morgan fingerprint density at radius 1 is 1.14 bits per heavy atom. The number of halogens is 6. The lowest BCUT2D eigenvalue weighted by Gasteiger charge is -2.31. The van der Waals surface area contributed by atoms with E-state index < -0.39 is 35.6 Å². The van der Waals surface area contributed by atoms with Gasteiger partial charge < -0.3 is 15.2 Å². The molecular weight excluding hydrogens is 500 g/mol. The number of aliphatic imine (C=N–C) groups is 1. The predicted octanol–water partition coefficient (Wildman–Crippen LogP) is 4.43. The molecule has 3 aliphatic rings. The second kappa shape index (κ2) is 10.1. The van der Waals surface area contributed by atoms with Crippen molar-refractivity contribution >= 4 is 22.8 Å². The minimum absolute atomic E-state index is 0.0473. The standard InChI is InChI=1S/C22H23F6N3O3S/c23-21(24,25)14-2-1-13(15(8-14)22(26,27)28)9-31-5-3-12(4-6-31)7-18-19(30-20(33)35-18)29-16-10-34-11-17(16)32/h1-2,7-8,12,16-17,32H,3-6,9-11H2,(H,29,30,33). The van der Waals surface area contributed by atoms with Gasteiger partial charge in [0.15, 0.2) is 0 Å². The number of benzene rings is 1. The van der Waals surface area contributed by atoms with Crippen LogP contribution in [-0.2, 0) is 23.6 Å². The third kappa shape index (κ3) is 6.38. The number of aliphatic hydroxyl groups excluding tert-OH is 1. The smallest absolute Gasteiger partial charge is 0.388 e. The number of amides is 1. The molecule has 3 aliphatic heterocycles. The van der Waals surface area contributed by atoms with Gasteiger partial charge >= 0.3 is 12.4 Å². The van der Waals surface area contributed by atoms with Gasteiger partial charge in [0.05, 0.1) is 29.2 Å². The van der Waals surface area contributed by atoms with Gasteiger partial charge in [0.25, 0.3) is 5.24 Å². The van der Waals surface area contributed by atoms with Gasteiger partial charge in [0.1, 0.15) is 18.0 Å². The maximum absolute atomic E-state index is 13.4. The quantitative estimate of drug-likeness (QED) is 0.572. The van der Waals surface area contributed by atoms with Crippen molar-refractivity contribution in [1.82, 2.24) is 10.2 Å². The molecule has 13 heteroatoms. The van der Waals surface area contributed by atoms with Crippen LogP contribution in [0.4, 0.5) is 31.1 Å². The van der Waals surface area contributed by atoms with Crippen LogP contribution in [0.15, 0.2) is 34.2 Å². The molecule has 35 heavy (non-hydrogen) atoms. The Morgan fingerprint density at radius 2 is 1.86 bits per heavy atom. The van der Waals surface area contributed by atoms with Crippen molar-refractivity contribution in [2.75, 3.05) is 26.3 Å². The number of ether oxygens (including phenoxy) is 1. The normalized spacial score (nSPS) is 27.2. The highest BCUT2D eigenvalue weighted by atomic mass is 32.2. The highest BCUT2D eigenvalue weighted by Gasteiger charge is 2.38. The van der Waals surface area contributed by atoms with E-state index in [9.17, 15) is 36.2 Å². The third-order valence-corrected chi connectivity index (χ3v) is 6.97. The number of amidine groups is 1. The molecule has 6 nitrogen and oxygen atoms in total. The number of likely N-dealkylation sites (tertiary alicyclic amines) is 1. The summed E-state index contributed by atoms with van der Waals surface area (Å²) in [5, 5.41) is 12.3. The average molecular weight is 523 g/mol. The van der Waals surface area contributed by atoms with E-state index in [0.717, 1.165) is 17.8 Å². The first-order chi connectivity index (χ1) is 16.4. The summed E-state index contributed by atoms with van der Waals surface area (Å²) in [4.78, 5) is 18.7. The molecule has 0 aromatic heterocycles. The molecule has 1 aromatic rings. The maximum atomic E-state index is 13.4. The molecule has 0 aliphatic carbocycles. The van der Waals surface area contributed by atoms with Gasteiger partial charge in [-0.15, -0.1) is 0 Å². The number of hydrogen-bond acceptors (Lipinski definition) is 6. The molecule has 0 radical (unpaired) electrons. The lowest BCUT2D eigenvalue weighted by atomic mass is 9.95. The largest absolute Gasteiger partial charge is 0.416 e. The fourth-order valence-corrected chi connectivity index (χ4v) is 5.06. The first-order valence-corrected chi connectivity index (χ1v) is 11.8. The van der Waals surface area contributed by atoms with Gasteiger partial charge in [-0.3, -0.25) is 14.7 Å². The first-order valence-electron chi connectivity index (χ1n) is 10.9. The summed E-state index contributed by atoms with van der Waals surface area (Å²) in [6, 6.07) is 1.27. The summed E-state index contributed by atoms with van der Waals surface area (Å²) in [6.07, 6.45) is -7.40. The van der Waals surface area contributed by atoms with Crippen LogP contribution in [0.3, 0.4) is 0 Å². The number of carbonyl (C=O) groups excluding carboxylic acids is 1. The van der Waals surface area contributed by atoms with Gasteiger partial charge in [-0.25, -0.2) is 0 Å². The molecule has 4 rings (SSSR count). The van der Waals surface area contributed by atoms with Gasteiger partial charge in [0.2, 0.25) is 0 Å². The number of aliphatic hydroxyl groups is 1. The molecule has 0 spiro atoms. The zero-order valence-electron chi connectivity index (χ0n) is 18.3. The van der Waals surface area contributed by atoms with Crippen molar-refractivity contribution in [1.29, 1.82) is 0 Å². The molecule has 2 N–H and O–H groups in total. The van der Waals surface area contributed by atoms with E-state index in [-0.39, 0.29) is 42.5 Å². The fourth-order valence-electron chi connectivity index (χ4n) is 4.25. The van der Waals surface area contributed by atoms with Crippen LogP contribution in [0.5, 0.6) is 0 Å². The van der Waals surface area contributed by atoms with E-state index >= 15 is 0 Å². The Bertz CT molecular complexity index is 1020. The Kier molecular flexibility index (Phi) is 7.51. The van der Waals surface area contributed by atoms with E-state index in [4.69, 9.17) is 4.74 Å². The fraction of sp³-hybridized carbons (Fsp3) is 0.545. The number of allylic oxidation sites excluding steroid dienone is 1. The summed E-state index contributed by atoms with van der Waals surface area (Å²) < 4.78 is 84.2. The van der Waals surface area contributed by atoms with Crippen molar-refractivity contribution in [3.63, 3.8) is 0 Å². The molecule has 3 saturated heterocycles. The van der Waals surface area contributed by atoms with Gasteiger partial charge in [0, 0.05) is 6.54 Å². The summed E-state index contributed by atoms with van der Waals surface area (Å²) >= 11 is 0.991. The molecule has 2 atom stereocenters. The lowest BCUT2D eigenvalue weighted by Crippen LogP contribution is -2.33. The lowest BCUT2D eigenvalue weighted by molar-refractivity contribution is -0.143. The average Bonchev–Trinajstić information content (AvgIpc) is 3.33. The second-order valence-electron chi connectivity index (χ2n) is 8.68. The number of rotatable bonds is 4. The van der Waals surface area contributed by atoms with E-state index in [1.54, 1.807) is 4.90 Å². The predicted molar refractivity (Wildman–Crippen MR) is 117 cm³/mol. The summed E-state index contributed by atoms with van der Waals surface area (Å²) in [7, 11) is 0. The third-order valence-electron chi connectivity index (χ3n) is 6.13. The highest BCUT2D eigenvalue weighted by Crippen LogP contribution is 2.38. The van der Waals surface area contributed by atoms with Crippen LogP contribution in [0.2, 0.25) is 0 Å². The Labute approximate surface area is 201 Å². The summed E-state index contributed by atoms with van der Waals surface area (Å²) in [5.74, 6) is 0.419. The van der Waals surface area contributed by atoms with Gasteiger partial charge in [-0.1, -0.05) is 12.1 Å². The van der Waals surface area contributed by atoms with Crippen molar-refractivity contribution < 1.29 is 41.0 Å². The van der Waals surface area contributed by atoms with Crippen LogP contribution in [0.1, 0.15) is 29.5 Å². The molecule has 1 amide bonds. The number of piperidine rings is 1. The Morgan fingerprint density at radius 3 is 2.46 bits per heavy atom. The van der Waals surface area contributed by atoms with Crippen LogP contribution >= 0.6 is 11.8 Å². The van der Waals surface area contributed by atoms with E-state index in [1.807, 2.05) is 6.08 Å². The van der Waals surface area contributed by atoms with Crippen molar-refractivity contribution in [3.8, 4) is 0 Å². The molecule has 2 unspecified atom stereocenters. The number of carbonyl (C=O) groups is 1. The van der Waals surface area contributed by atoms with Gasteiger partial charge in [-0.2, -0.15) is 26.3 Å². The molecule has 0 saturated carbocycles. The summed E-state index contributed by atoms with van der Waals surface area (Å²) in [6.45, 7) is 1.20. The van der Waals surface area contributed by atoms with Crippen molar-refractivity contribution in [2.45, 2.75) is 43.9 Å². The number of nitrogens with zero attached hydrogens (tertiary/aromatic N) is 2. The van der Waals surface area contributed by atoms with Crippen LogP contribution in [-0.4, -0.2) is 59.5 Å². The zero-order valence-corrected chi connectivity index (χ0v) is 19.1. The highest BCUT2D eigenvalue weighted by molar-refractivity contribution is 8.18. The maximum Gasteiger partial charge on any atom is 0.416 e. The minimum Gasteiger partial charge on any atom is -0.388 e. The number of alkyl halides is 6. The number of hydrogen-bond donors (Lipinski definition) is 2. The first kappa shape index (κ1) is 26.0. The molecule has 3 heterocycles. The Hall–Kier alpha value is -2.09. The number of nitrogens with one attached hydrogen (secondary N) is 1. The molecular formula is C22H23F6N3O3S. The number of thioether (sulfide) groups is 1. The Balaban J connectivity index is 1.41. The zero-order chi connectivity index (χ0) is 25.4. The van der Waals surface area contributed by atoms with Gasteiger partial charge in [-0.05, 0) is 61.3 Å². The van der Waals surface area contributed by atoms with E-state index in [0.29, 0.717) is 42.7 Å². The minimum atomic E-state index is -4.90. The van der Waals surface area contributed by atoms with E-state index in [1.165, 1.54) is 0 Å². The summed E-state index contributed by atoms with van der Waals surface area (Å²) in [5.41, 5.74) is -2.80. The topological polar surface area (TPSA) is 74.2 Å². The molecule has 192 valence electrons. The van der Waals surface area contributed by atoms with E-state index in [2.05, 4.69) is 10.3 Å². The molecule has 1 aromatic carbocycles. The molecule has 0 bridgehead atoms. The van der Waals surface area contributed by atoms with Crippen LogP contribution in [0.25, 0.3) is 0 Å². The monoisotopic (exact) mass is 523 g/mol. The second-order valence-corrected chi connectivity index (χ2v) is 9.69. The SMILES string of the molecule is O=C1NC(=NC2COCC2O)C(=CC2CCN(Cc3ccc(C(F)(F)F)cc3C(F)(F)F)CC2)S1. The van der Waals surface area contributed by atoms with Crippen molar-refractivity contribution in [3.05, 3.63) is 45.9 Å². The van der Waals surface area contributed by atoms with Crippen molar-refractivity contribution in [2.24, 2.45) is 10.9 Å². The van der Waals surface area contributed by atoms with Crippen LogP contribution in [0, 0.1) is 5.92 Å². The van der Waals surface area contributed by atoms with Crippen LogP contribution < -0.4 is 5.32 Å². The molecule has 3 fully saturated rings.